The summed E-state index contributed by atoms with van der Waals surface area (Å²) >= 11 is 0. The van der Waals surface area contributed by atoms with Gasteiger partial charge in [0.15, 0.2) is 0 Å². The normalized spacial score (nSPS) is 13.4. The van der Waals surface area contributed by atoms with Crippen molar-refractivity contribution >= 4 is 17.4 Å². The van der Waals surface area contributed by atoms with Crippen molar-refractivity contribution in [1.82, 2.24) is 5.32 Å². The molecule has 0 saturated heterocycles. The molecule has 1 radical (unpaired) electrons. The van der Waals surface area contributed by atoms with Crippen LogP contribution in [0.4, 0.5) is 16.2 Å². The van der Waals surface area contributed by atoms with Gasteiger partial charge in [-0.25, -0.2) is 4.79 Å². The smallest absolute Gasteiger partial charge is 0.330 e. The monoisotopic (exact) mass is 190 g/mol. The first-order chi connectivity index (χ1) is 6.79. The number of carbonyl (C=O) groups is 1. The first-order valence-electron chi connectivity index (χ1n) is 4.65. The molecule has 14 heavy (non-hydrogen) atoms. The highest BCUT2D eigenvalue weighted by Crippen LogP contribution is 2.28. The van der Waals surface area contributed by atoms with Crippen LogP contribution in [0.2, 0.25) is 0 Å². The van der Waals surface area contributed by atoms with Gasteiger partial charge in [-0.3, -0.25) is 0 Å². The predicted molar refractivity (Wildman–Crippen MR) is 54.6 cm³/mol. The number of urea groups is 1. The number of rotatable bonds is 3. The van der Waals surface area contributed by atoms with Crippen LogP contribution in [0.5, 0.6) is 0 Å². The van der Waals surface area contributed by atoms with Crippen LogP contribution >= 0.6 is 0 Å². The molecule has 1 heterocycles. The third-order valence-corrected chi connectivity index (χ3v) is 2.20. The fourth-order valence-electron chi connectivity index (χ4n) is 1.49. The molecule has 1 aliphatic heterocycles. The average Bonchev–Trinajstić information content (AvgIpc) is 2.54. The standard InChI is InChI=1S/C10H12N3O/c11-5-1-2-7-3-4-8-9(6-7)13-10(14)12-8/h3-4,6H,1-2,5,11H2,(H,12,14). The lowest BCUT2D eigenvalue weighted by molar-refractivity contribution is 0.256. The Morgan fingerprint density at radius 2 is 2.29 bits per heavy atom. The molecule has 1 aromatic rings. The van der Waals surface area contributed by atoms with Gasteiger partial charge in [-0.2, -0.15) is 5.32 Å². The summed E-state index contributed by atoms with van der Waals surface area (Å²) in [7, 11) is 0. The molecule has 0 spiro atoms. The van der Waals surface area contributed by atoms with Crippen molar-refractivity contribution in [2.45, 2.75) is 12.8 Å². The van der Waals surface area contributed by atoms with Gasteiger partial charge in [-0.05, 0) is 37.1 Å². The minimum Gasteiger partial charge on any atom is -0.330 e. The molecule has 0 bridgehead atoms. The highest BCUT2D eigenvalue weighted by atomic mass is 16.2. The van der Waals surface area contributed by atoms with Crippen LogP contribution < -0.4 is 16.4 Å². The lowest BCUT2D eigenvalue weighted by atomic mass is 10.1. The second kappa shape index (κ2) is 3.67. The molecule has 2 rings (SSSR count). The molecule has 3 N–H and O–H groups in total. The summed E-state index contributed by atoms with van der Waals surface area (Å²) < 4.78 is 0. The summed E-state index contributed by atoms with van der Waals surface area (Å²) in [5.74, 6) is 0. The molecule has 4 nitrogen and oxygen atoms in total. The largest absolute Gasteiger partial charge is 0.346 e. The molecular formula is C10H12N3O. The molecule has 0 fully saturated rings. The van der Waals surface area contributed by atoms with Crippen LogP contribution in [-0.2, 0) is 6.42 Å². The number of benzene rings is 1. The van der Waals surface area contributed by atoms with Crippen molar-refractivity contribution in [1.29, 1.82) is 0 Å². The molecule has 0 saturated carbocycles. The van der Waals surface area contributed by atoms with E-state index in [1.807, 2.05) is 18.2 Å². The Morgan fingerprint density at radius 3 is 3.07 bits per heavy atom. The van der Waals surface area contributed by atoms with Gasteiger partial charge >= 0.3 is 6.03 Å². The first kappa shape index (κ1) is 9.02. The number of amides is 2. The van der Waals surface area contributed by atoms with Crippen LogP contribution in [0.1, 0.15) is 12.0 Å². The van der Waals surface area contributed by atoms with E-state index in [9.17, 15) is 4.79 Å². The number of carbonyl (C=O) groups excluding carboxylic acids is 1. The van der Waals surface area contributed by atoms with Crippen molar-refractivity contribution in [3.8, 4) is 0 Å². The number of hydrogen-bond acceptors (Lipinski definition) is 2. The second-order valence-corrected chi connectivity index (χ2v) is 3.29. The Kier molecular flexibility index (Phi) is 2.37. The number of nitrogens with zero attached hydrogens (tertiary/aromatic N) is 1. The first-order valence-corrected chi connectivity index (χ1v) is 4.65. The van der Waals surface area contributed by atoms with Crippen molar-refractivity contribution in [3.05, 3.63) is 23.8 Å². The van der Waals surface area contributed by atoms with E-state index in [1.165, 1.54) is 5.56 Å². The van der Waals surface area contributed by atoms with E-state index < -0.39 is 0 Å². The third-order valence-electron chi connectivity index (χ3n) is 2.20. The van der Waals surface area contributed by atoms with Gasteiger partial charge in [0.25, 0.3) is 0 Å². The van der Waals surface area contributed by atoms with Crippen molar-refractivity contribution in [2.24, 2.45) is 5.73 Å². The number of anilines is 1. The Labute approximate surface area is 82.5 Å². The number of fused-ring (bicyclic) bond motifs is 1. The topological polar surface area (TPSA) is 69.2 Å². The highest BCUT2D eigenvalue weighted by molar-refractivity contribution is 6.02. The van der Waals surface area contributed by atoms with Crippen molar-refractivity contribution in [3.63, 3.8) is 0 Å². The Hall–Kier alpha value is -1.55. The lowest BCUT2D eigenvalue weighted by Gasteiger charge is -2.01. The zero-order valence-electron chi connectivity index (χ0n) is 7.79. The molecular weight excluding hydrogens is 178 g/mol. The molecule has 4 heteroatoms. The van der Waals surface area contributed by atoms with E-state index in [0.717, 1.165) is 24.2 Å². The maximum absolute atomic E-state index is 10.9. The van der Waals surface area contributed by atoms with Gasteiger partial charge in [0.1, 0.15) is 0 Å². The summed E-state index contributed by atoms with van der Waals surface area (Å²) in [5.41, 5.74) is 8.13. The molecule has 1 aliphatic rings. The van der Waals surface area contributed by atoms with E-state index in [-0.39, 0.29) is 6.03 Å². The number of hydrogen-bond donors (Lipinski definition) is 2. The summed E-state index contributed by atoms with van der Waals surface area (Å²) in [6.07, 6.45) is 1.90. The number of nitrogens with one attached hydrogen (secondary N) is 1. The maximum Gasteiger partial charge on any atom is 0.346 e. The van der Waals surface area contributed by atoms with Gasteiger partial charge in [0, 0.05) is 0 Å². The van der Waals surface area contributed by atoms with E-state index in [4.69, 9.17) is 5.73 Å². The molecule has 0 aromatic heterocycles. The van der Waals surface area contributed by atoms with Crippen LogP contribution in [0, 0.1) is 0 Å². The third kappa shape index (κ3) is 1.70. The fraction of sp³-hybridized carbons (Fsp3) is 0.300. The number of nitrogens with two attached hydrogens (primary N) is 1. The van der Waals surface area contributed by atoms with Crippen molar-refractivity contribution < 1.29 is 4.79 Å². The van der Waals surface area contributed by atoms with E-state index >= 15 is 0 Å². The van der Waals surface area contributed by atoms with E-state index in [1.54, 1.807) is 0 Å². The second-order valence-electron chi connectivity index (χ2n) is 3.29. The maximum atomic E-state index is 10.9. The summed E-state index contributed by atoms with van der Waals surface area (Å²) in [5, 5.41) is 6.49. The lowest BCUT2D eigenvalue weighted by Crippen LogP contribution is -2.08. The SMILES string of the molecule is NCCCc1ccc2c(c1)[N]C(=O)N2. The summed E-state index contributed by atoms with van der Waals surface area (Å²) in [6, 6.07) is 5.53. The van der Waals surface area contributed by atoms with Crippen LogP contribution in [0.15, 0.2) is 18.2 Å². The molecule has 0 aliphatic carbocycles. The zero-order chi connectivity index (χ0) is 9.97. The molecule has 73 valence electrons. The molecule has 2 amide bonds. The van der Waals surface area contributed by atoms with Crippen LogP contribution in [-0.4, -0.2) is 12.6 Å². The van der Waals surface area contributed by atoms with Gasteiger partial charge in [-0.15, -0.1) is 0 Å². The Bertz CT molecular complexity index is 362. The van der Waals surface area contributed by atoms with Gasteiger partial charge in [0.05, 0.1) is 11.4 Å². The predicted octanol–water partition coefficient (Wildman–Crippen LogP) is 1.36. The molecule has 1 aromatic carbocycles. The van der Waals surface area contributed by atoms with Crippen LogP contribution in [0.3, 0.4) is 0 Å². The van der Waals surface area contributed by atoms with Gasteiger partial charge in [0.2, 0.25) is 0 Å². The van der Waals surface area contributed by atoms with Gasteiger partial charge in [-0.1, -0.05) is 6.07 Å². The Morgan fingerprint density at radius 1 is 1.43 bits per heavy atom. The van der Waals surface area contributed by atoms with Crippen LogP contribution in [0.25, 0.3) is 0 Å². The zero-order valence-corrected chi connectivity index (χ0v) is 7.79. The minimum absolute atomic E-state index is 0.282. The van der Waals surface area contributed by atoms with Gasteiger partial charge < -0.3 is 11.1 Å². The average molecular weight is 190 g/mol. The van der Waals surface area contributed by atoms with E-state index in [0.29, 0.717) is 6.54 Å². The van der Waals surface area contributed by atoms with E-state index in [2.05, 4.69) is 10.6 Å². The minimum atomic E-state index is -0.282. The summed E-state index contributed by atoms with van der Waals surface area (Å²) in [4.78, 5) is 10.9. The quantitative estimate of drug-likeness (QED) is 0.755. The fourth-order valence-corrected chi connectivity index (χ4v) is 1.49. The molecule has 0 atom stereocenters. The molecule has 0 unspecified atom stereocenters. The highest BCUT2D eigenvalue weighted by Gasteiger charge is 2.18. The summed E-state index contributed by atoms with van der Waals surface area (Å²) in [6.45, 7) is 0.686. The Balaban J connectivity index is 2.16. The number of aryl methyl sites for hydroxylation is 1. The van der Waals surface area contributed by atoms with Crippen molar-refractivity contribution in [2.75, 3.05) is 11.9 Å².